The van der Waals surface area contributed by atoms with Crippen molar-refractivity contribution in [3.05, 3.63) is 47.0 Å². The van der Waals surface area contributed by atoms with Gasteiger partial charge in [0.25, 0.3) is 0 Å². The van der Waals surface area contributed by atoms with E-state index in [-0.39, 0.29) is 18.4 Å². The highest BCUT2D eigenvalue weighted by molar-refractivity contribution is 6.30. The van der Waals surface area contributed by atoms with Crippen molar-refractivity contribution in [2.24, 2.45) is 5.92 Å². The Morgan fingerprint density at radius 1 is 1.47 bits per heavy atom. The van der Waals surface area contributed by atoms with Crippen LogP contribution in [-0.4, -0.2) is 17.6 Å². The minimum Gasteiger partial charge on any atom is -0.387 e. The van der Waals surface area contributed by atoms with Gasteiger partial charge in [0.15, 0.2) is 0 Å². The normalized spacial score (nSPS) is 20.0. The summed E-state index contributed by atoms with van der Waals surface area (Å²) in [4.78, 5) is 11.9. The van der Waals surface area contributed by atoms with Crippen LogP contribution in [-0.2, 0) is 4.79 Å². The van der Waals surface area contributed by atoms with Crippen LogP contribution in [0.1, 0.15) is 30.9 Å². The summed E-state index contributed by atoms with van der Waals surface area (Å²) in [5, 5.41) is 13.4. The summed E-state index contributed by atoms with van der Waals surface area (Å²) in [5.41, 5.74) is 0.719. The Morgan fingerprint density at radius 2 is 2.32 bits per heavy atom. The van der Waals surface area contributed by atoms with Crippen LogP contribution in [0.5, 0.6) is 0 Å². The highest BCUT2D eigenvalue weighted by Gasteiger charge is 2.19. The predicted molar refractivity (Wildman–Crippen MR) is 75.9 cm³/mol. The molecule has 0 aromatic heterocycles. The molecule has 0 spiro atoms. The second-order valence-electron chi connectivity index (χ2n) is 4.80. The minimum absolute atomic E-state index is 0.0189. The second kappa shape index (κ2) is 6.73. The lowest BCUT2D eigenvalue weighted by Gasteiger charge is -2.19. The molecule has 0 bridgehead atoms. The summed E-state index contributed by atoms with van der Waals surface area (Å²) in [7, 11) is 0. The van der Waals surface area contributed by atoms with E-state index in [9.17, 15) is 9.90 Å². The maximum Gasteiger partial charge on any atom is 0.223 e. The Bertz CT molecular complexity index is 473. The van der Waals surface area contributed by atoms with Crippen molar-refractivity contribution in [3.63, 3.8) is 0 Å². The highest BCUT2D eigenvalue weighted by Crippen LogP contribution is 2.19. The van der Waals surface area contributed by atoms with Crippen molar-refractivity contribution in [1.82, 2.24) is 5.32 Å². The van der Waals surface area contributed by atoms with E-state index in [0.29, 0.717) is 5.02 Å². The largest absolute Gasteiger partial charge is 0.387 e. The van der Waals surface area contributed by atoms with Gasteiger partial charge in [-0.05, 0) is 37.0 Å². The van der Waals surface area contributed by atoms with Crippen molar-refractivity contribution in [2.75, 3.05) is 6.54 Å². The van der Waals surface area contributed by atoms with Gasteiger partial charge in [-0.15, -0.1) is 0 Å². The molecule has 0 saturated carbocycles. The molecule has 0 unspecified atom stereocenters. The predicted octanol–water partition coefficient (Wildman–Crippen LogP) is 2.85. The van der Waals surface area contributed by atoms with Crippen LogP contribution in [0.3, 0.4) is 0 Å². The highest BCUT2D eigenvalue weighted by atomic mass is 35.5. The van der Waals surface area contributed by atoms with E-state index in [1.165, 1.54) is 0 Å². The van der Waals surface area contributed by atoms with Crippen LogP contribution >= 0.6 is 11.6 Å². The zero-order valence-electron chi connectivity index (χ0n) is 10.7. The van der Waals surface area contributed by atoms with E-state index in [2.05, 4.69) is 11.4 Å². The lowest BCUT2D eigenvalue weighted by molar-refractivity contribution is -0.125. The molecule has 0 aliphatic heterocycles. The Kier molecular flexibility index (Phi) is 5.00. The summed E-state index contributed by atoms with van der Waals surface area (Å²) in [5.74, 6) is 0.0574. The number of halogens is 1. The van der Waals surface area contributed by atoms with E-state index >= 15 is 0 Å². The molecule has 3 nitrogen and oxygen atoms in total. The van der Waals surface area contributed by atoms with Gasteiger partial charge in [0, 0.05) is 17.5 Å². The summed E-state index contributed by atoms with van der Waals surface area (Å²) in [6.07, 6.45) is 6.05. The van der Waals surface area contributed by atoms with Gasteiger partial charge in [0.1, 0.15) is 0 Å². The fourth-order valence-electron chi connectivity index (χ4n) is 2.21. The number of amides is 1. The molecule has 0 heterocycles. The van der Waals surface area contributed by atoms with Crippen LogP contribution in [0.25, 0.3) is 0 Å². The topological polar surface area (TPSA) is 49.3 Å². The van der Waals surface area contributed by atoms with E-state index in [0.717, 1.165) is 24.8 Å². The quantitative estimate of drug-likeness (QED) is 0.833. The third kappa shape index (κ3) is 4.08. The smallest absolute Gasteiger partial charge is 0.223 e. The molecule has 0 saturated heterocycles. The fourth-order valence-corrected chi connectivity index (χ4v) is 2.40. The van der Waals surface area contributed by atoms with Gasteiger partial charge >= 0.3 is 0 Å². The molecule has 4 heteroatoms. The number of aliphatic hydroxyl groups excluding tert-OH is 1. The lowest BCUT2D eigenvalue weighted by Crippen LogP contribution is -2.34. The summed E-state index contributed by atoms with van der Waals surface area (Å²) >= 11 is 5.87. The molecule has 0 fully saturated rings. The first-order valence-corrected chi connectivity index (χ1v) is 6.91. The van der Waals surface area contributed by atoms with Crippen LogP contribution in [0, 0.1) is 5.92 Å². The van der Waals surface area contributed by atoms with Gasteiger partial charge in [0.2, 0.25) is 5.91 Å². The molecular formula is C15H18ClNO2. The van der Waals surface area contributed by atoms with Crippen LogP contribution in [0.2, 0.25) is 5.02 Å². The van der Waals surface area contributed by atoms with E-state index in [1.54, 1.807) is 24.3 Å². The first-order valence-electron chi connectivity index (χ1n) is 6.53. The number of carbonyl (C=O) groups is 1. The van der Waals surface area contributed by atoms with E-state index in [1.807, 2.05) is 6.08 Å². The molecular weight excluding hydrogens is 262 g/mol. The van der Waals surface area contributed by atoms with Crippen LogP contribution < -0.4 is 5.32 Å². The van der Waals surface area contributed by atoms with Crippen molar-refractivity contribution in [1.29, 1.82) is 0 Å². The van der Waals surface area contributed by atoms with Gasteiger partial charge in [0.05, 0.1) is 6.10 Å². The van der Waals surface area contributed by atoms with Crippen LogP contribution in [0.15, 0.2) is 36.4 Å². The second-order valence-corrected chi connectivity index (χ2v) is 5.23. The number of carbonyl (C=O) groups excluding carboxylic acids is 1. The molecule has 2 rings (SSSR count). The minimum atomic E-state index is -0.721. The van der Waals surface area contributed by atoms with Gasteiger partial charge < -0.3 is 10.4 Å². The number of rotatable bonds is 4. The molecule has 19 heavy (non-hydrogen) atoms. The SMILES string of the molecule is O=C(NC[C@H](O)c1cccc(Cl)c1)[C@H]1CC=CCC1. The van der Waals surface area contributed by atoms with E-state index < -0.39 is 6.10 Å². The number of aliphatic hydroxyl groups is 1. The molecule has 0 radical (unpaired) electrons. The summed E-state index contributed by atoms with van der Waals surface area (Å²) in [6, 6.07) is 7.05. The van der Waals surface area contributed by atoms with E-state index in [4.69, 9.17) is 11.6 Å². The number of allylic oxidation sites excluding steroid dienone is 2. The van der Waals surface area contributed by atoms with Crippen molar-refractivity contribution in [2.45, 2.75) is 25.4 Å². The Hall–Kier alpha value is -1.32. The number of nitrogens with one attached hydrogen (secondary N) is 1. The molecule has 1 aromatic carbocycles. The average molecular weight is 280 g/mol. The zero-order valence-corrected chi connectivity index (χ0v) is 11.4. The average Bonchev–Trinajstić information content (AvgIpc) is 2.45. The molecule has 2 atom stereocenters. The third-order valence-corrected chi connectivity index (χ3v) is 3.58. The maximum atomic E-state index is 11.9. The fraction of sp³-hybridized carbons (Fsp3) is 0.400. The van der Waals surface area contributed by atoms with Crippen molar-refractivity contribution >= 4 is 17.5 Å². The van der Waals surface area contributed by atoms with Crippen molar-refractivity contribution < 1.29 is 9.90 Å². The lowest BCUT2D eigenvalue weighted by atomic mass is 9.93. The van der Waals surface area contributed by atoms with Crippen molar-refractivity contribution in [3.8, 4) is 0 Å². The van der Waals surface area contributed by atoms with Gasteiger partial charge in [-0.1, -0.05) is 35.9 Å². The summed E-state index contributed by atoms with van der Waals surface area (Å²) in [6.45, 7) is 0.222. The van der Waals surface area contributed by atoms with Gasteiger partial charge in [-0.25, -0.2) is 0 Å². The first kappa shape index (κ1) is 14.1. The number of benzene rings is 1. The molecule has 2 N–H and O–H groups in total. The maximum absolute atomic E-state index is 11.9. The Labute approximate surface area is 118 Å². The van der Waals surface area contributed by atoms with Crippen LogP contribution in [0.4, 0.5) is 0 Å². The monoisotopic (exact) mass is 279 g/mol. The molecule has 1 amide bonds. The Balaban J connectivity index is 1.84. The molecule has 1 aromatic rings. The molecule has 1 aliphatic rings. The number of hydrogen-bond donors (Lipinski definition) is 2. The summed E-state index contributed by atoms with van der Waals surface area (Å²) < 4.78 is 0. The molecule has 102 valence electrons. The standard InChI is InChI=1S/C15H18ClNO2/c16-13-8-4-7-12(9-13)14(18)10-17-15(19)11-5-2-1-3-6-11/h1-2,4,7-9,11,14,18H,3,5-6,10H2,(H,17,19)/t11-,14-/m0/s1. The Morgan fingerprint density at radius 3 is 3.00 bits per heavy atom. The number of hydrogen-bond acceptors (Lipinski definition) is 2. The van der Waals surface area contributed by atoms with Gasteiger partial charge in [-0.3, -0.25) is 4.79 Å². The van der Waals surface area contributed by atoms with Gasteiger partial charge in [-0.2, -0.15) is 0 Å². The molecule has 1 aliphatic carbocycles. The third-order valence-electron chi connectivity index (χ3n) is 3.34. The first-order chi connectivity index (χ1) is 9.16. The zero-order chi connectivity index (χ0) is 13.7.